The number of nitrogens with zero attached hydrogens (tertiary/aromatic N) is 1. The normalized spacial score (nSPS) is 10.9. The molecule has 0 heterocycles. The van der Waals surface area contributed by atoms with E-state index in [9.17, 15) is 8.42 Å². The minimum absolute atomic E-state index is 0.0515. The van der Waals surface area contributed by atoms with Crippen LogP contribution in [0, 0.1) is 11.3 Å². The predicted molar refractivity (Wildman–Crippen MR) is 83.2 cm³/mol. The van der Waals surface area contributed by atoms with Crippen molar-refractivity contribution >= 4 is 27.1 Å². The molecule has 1 N–H and O–H groups in total. The lowest BCUT2D eigenvalue weighted by Crippen LogP contribution is -2.16. The first-order chi connectivity index (χ1) is 10.0. The third kappa shape index (κ3) is 3.97. The number of para-hydroxylation sites is 1. The fraction of sp³-hybridized carbons (Fsp3) is 0.133. The topological polar surface area (TPSA) is 70.0 Å². The lowest BCUT2D eigenvalue weighted by molar-refractivity contribution is 0.596. The molecule has 0 aliphatic heterocycles. The molecule has 0 aromatic heterocycles. The Balaban J connectivity index is 2.01. The summed E-state index contributed by atoms with van der Waals surface area (Å²) in [6, 6.07) is 15.0. The third-order valence-corrected chi connectivity index (χ3v) is 4.96. The van der Waals surface area contributed by atoms with Crippen molar-refractivity contribution in [3.8, 4) is 6.07 Å². The van der Waals surface area contributed by atoms with Crippen LogP contribution in [0.5, 0.6) is 0 Å². The molecule has 21 heavy (non-hydrogen) atoms. The van der Waals surface area contributed by atoms with Gasteiger partial charge in [0, 0.05) is 6.54 Å². The average molecular weight is 321 g/mol. The molecule has 2 rings (SSSR count). The van der Waals surface area contributed by atoms with Crippen LogP contribution in [0.25, 0.3) is 0 Å². The highest BCUT2D eigenvalue weighted by Gasteiger charge is 2.14. The molecular weight excluding hydrogens is 308 g/mol. The van der Waals surface area contributed by atoms with Gasteiger partial charge >= 0.3 is 0 Å². The van der Waals surface area contributed by atoms with Crippen LogP contribution in [0.2, 0.25) is 5.02 Å². The van der Waals surface area contributed by atoms with E-state index in [0.29, 0.717) is 16.3 Å². The molecular formula is C15H13ClN2O2S. The molecule has 0 fully saturated rings. The van der Waals surface area contributed by atoms with Crippen molar-refractivity contribution in [1.82, 2.24) is 0 Å². The number of rotatable bonds is 5. The maximum Gasteiger partial charge on any atom is 0.180 e. The third-order valence-electron chi connectivity index (χ3n) is 2.90. The Bertz CT molecular complexity index is 765. The lowest BCUT2D eigenvalue weighted by Gasteiger charge is -2.09. The molecule has 0 saturated carbocycles. The minimum atomic E-state index is -3.38. The van der Waals surface area contributed by atoms with Gasteiger partial charge in [-0.25, -0.2) is 8.42 Å². The second-order valence-corrected chi connectivity index (χ2v) is 6.88. The number of nitrogens with one attached hydrogen (secondary N) is 1. The fourth-order valence-electron chi connectivity index (χ4n) is 1.78. The molecule has 4 nitrogen and oxygen atoms in total. The number of anilines is 1. The largest absolute Gasteiger partial charge is 0.383 e. The van der Waals surface area contributed by atoms with Crippen molar-refractivity contribution in [3.63, 3.8) is 0 Å². The van der Waals surface area contributed by atoms with Crippen LogP contribution in [-0.4, -0.2) is 20.7 Å². The number of sulfone groups is 1. The van der Waals surface area contributed by atoms with Gasteiger partial charge in [-0.15, -0.1) is 0 Å². The van der Waals surface area contributed by atoms with E-state index in [1.165, 1.54) is 24.3 Å². The molecule has 0 aliphatic rings. The second-order valence-electron chi connectivity index (χ2n) is 4.36. The predicted octanol–water partition coefficient (Wildman–Crippen LogP) is 3.10. The van der Waals surface area contributed by atoms with Gasteiger partial charge in [0.1, 0.15) is 0 Å². The van der Waals surface area contributed by atoms with Gasteiger partial charge in [-0.3, -0.25) is 0 Å². The first kappa shape index (κ1) is 15.4. The van der Waals surface area contributed by atoms with Crippen molar-refractivity contribution in [3.05, 3.63) is 59.1 Å². The first-order valence-electron chi connectivity index (χ1n) is 6.24. The fourth-order valence-corrected chi connectivity index (χ4v) is 3.14. The number of benzene rings is 2. The van der Waals surface area contributed by atoms with E-state index in [2.05, 4.69) is 5.32 Å². The average Bonchev–Trinajstić information content (AvgIpc) is 2.49. The molecule has 6 heteroatoms. The van der Waals surface area contributed by atoms with E-state index in [4.69, 9.17) is 16.9 Å². The maximum atomic E-state index is 12.2. The molecule has 108 valence electrons. The van der Waals surface area contributed by atoms with Crippen LogP contribution in [0.3, 0.4) is 0 Å². The van der Waals surface area contributed by atoms with E-state index < -0.39 is 9.84 Å². The molecule has 0 bridgehead atoms. The highest BCUT2D eigenvalue weighted by Crippen LogP contribution is 2.20. The van der Waals surface area contributed by atoms with Crippen LogP contribution in [0.15, 0.2) is 53.4 Å². The summed E-state index contributed by atoms with van der Waals surface area (Å²) >= 11 is 5.98. The van der Waals surface area contributed by atoms with Crippen molar-refractivity contribution in [2.75, 3.05) is 17.6 Å². The summed E-state index contributed by atoms with van der Waals surface area (Å²) in [5.41, 5.74) is 1.14. The zero-order chi connectivity index (χ0) is 15.3. The summed E-state index contributed by atoms with van der Waals surface area (Å²) in [7, 11) is -3.38. The highest BCUT2D eigenvalue weighted by atomic mass is 35.5. The van der Waals surface area contributed by atoms with Crippen LogP contribution in [0.4, 0.5) is 5.69 Å². The number of nitriles is 1. The number of hydrogen-bond acceptors (Lipinski definition) is 4. The van der Waals surface area contributed by atoms with Gasteiger partial charge in [0.25, 0.3) is 0 Å². The molecule has 2 aromatic rings. The van der Waals surface area contributed by atoms with Gasteiger partial charge in [-0.2, -0.15) is 5.26 Å². The van der Waals surface area contributed by atoms with E-state index in [1.54, 1.807) is 18.2 Å². The Hall–Kier alpha value is -2.03. The van der Waals surface area contributed by atoms with Crippen LogP contribution < -0.4 is 5.32 Å². The second kappa shape index (κ2) is 6.61. The Morgan fingerprint density at radius 1 is 1.10 bits per heavy atom. The van der Waals surface area contributed by atoms with Gasteiger partial charge in [0.15, 0.2) is 9.84 Å². The summed E-state index contributed by atoms with van der Waals surface area (Å²) in [6.07, 6.45) is 0. The SMILES string of the molecule is N#Cc1ccc(S(=O)(=O)CCNc2ccccc2Cl)cc1. The Morgan fingerprint density at radius 3 is 2.38 bits per heavy atom. The van der Waals surface area contributed by atoms with Gasteiger partial charge in [0.05, 0.1) is 33.0 Å². The lowest BCUT2D eigenvalue weighted by atomic mass is 10.2. The molecule has 0 saturated heterocycles. The van der Waals surface area contributed by atoms with Crippen molar-refractivity contribution in [2.45, 2.75) is 4.90 Å². The minimum Gasteiger partial charge on any atom is -0.383 e. The number of hydrogen-bond donors (Lipinski definition) is 1. The molecule has 2 aromatic carbocycles. The Labute approximate surface area is 128 Å². The molecule has 0 radical (unpaired) electrons. The molecule has 0 aliphatic carbocycles. The van der Waals surface area contributed by atoms with E-state index in [-0.39, 0.29) is 17.2 Å². The summed E-state index contributed by atoms with van der Waals surface area (Å²) in [5.74, 6) is -0.0515. The van der Waals surface area contributed by atoms with E-state index in [0.717, 1.165) is 0 Å². The van der Waals surface area contributed by atoms with Gasteiger partial charge < -0.3 is 5.32 Å². The van der Waals surface area contributed by atoms with Crippen molar-refractivity contribution < 1.29 is 8.42 Å². The number of halogens is 1. The smallest absolute Gasteiger partial charge is 0.180 e. The van der Waals surface area contributed by atoms with E-state index in [1.807, 2.05) is 12.1 Å². The Morgan fingerprint density at radius 2 is 1.76 bits per heavy atom. The quantitative estimate of drug-likeness (QED) is 0.919. The van der Waals surface area contributed by atoms with Crippen molar-refractivity contribution in [1.29, 1.82) is 5.26 Å². The summed E-state index contributed by atoms with van der Waals surface area (Å²) < 4.78 is 24.3. The highest BCUT2D eigenvalue weighted by molar-refractivity contribution is 7.91. The Kier molecular flexibility index (Phi) is 4.84. The maximum absolute atomic E-state index is 12.2. The summed E-state index contributed by atoms with van der Waals surface area (Å²) in [4.78, 5) is 0.211. The molecule has 0 unspecified atom stereocenters. The standard InChI is InChI=1S/C15H13ClN2O2S/c16-14-3-1-2-4-15(14)18-9-10-21(19,20)13-7-5-12(11-17)6-8-13/h1-8,18H,9-10H2. The van der Waals surface area contributed by atoms with Gasteiger partial charge in [0.2, 0.25) is 0 Å². The van der Waals surface area contributed by atoms with Crippen LogP contribution in [-0.2, 0) is 9.84 Å². The van der Waals surface area contributed by atoms with Gasteiger partial charge in [-0.1, -0.05) is 23.7 Å². The molecule has 0 atom stereocenters. The summed E-state index contributed by atoms with van der Waals surface area (Å²) in [6.45, 7) is 0.256. The summed E-state index contributed by atoms with van der Waals surface area (Å²) in [5, 5.41) is 12.3. The van der Waals surface area contributed by atoms with Crippen molar-refractivity contribution in [2.24, 2.45) is 0 Å². The van der Waals surface area contributed by atoms with E-state index >= 15 is 0 Å². The van der Waals surface area contributed by atoms with Gasteiger partial charge in [-0.05, 0) is 36.4 Å². The zero-order valence-corrected chi connectivity index (χ0v) is 12.7. The molecule has 0 spiro atoms. The van der Waals surface area contributed by atoms with Crippen LogP contribution in [0.1, 0.15) is 5.56 Å². The zero-order valence-electron chi connectivity index (χ0n) is 11.1. The van der Waals surface area contributed by atoms with Crippen LogP contribution >= 0.6 is 11.6 Å². The first-order valence-corrected chi connectivity index (χ1v) is 8.27. The monoisotopic (exact) mass is 320 g/mol. The molecule has 0 amide bonds.